The van der Waals surface area contributed by atoms with Crippen molar-refractivity contribution < 1.29 is 38.5 Å². The minimum Gasteiger partial charge on any atom is -0.501 e. The van der Waals surface area contributed by atoms with Crippen molar-refractivity contribution in [3.05, 3.63) is 168 Å². The fourth-order valence-corrected chi connectivity index (χ4v) is 6.15. The zero-order valence-electron chi connectivity index (χ0n) is 34.8. The zero-order chi connectivity index (χ0) is 40.1. The molecule has 9 rings (SSSR count). The molecule has 4 aromatic heterocycles. The number of fused-ring (bicyclic) bond motifs is 6. The van der Waals surface area contributed by atoms with Crippen LogP contribution in [0.4, 0.5) is 0 Å². The van der Waals surface area contributed by atoms with Gasteiger partial charge in [-0.15, -0.1) is 35.9 Å². The van der Waals surface area contributed by atoms with Crippen LogP contribution in [0.3, 0.4) is 0 Å². The van der Waals surface area contributed by atoms with Crippen LogP contribution in [0.1, 0.15) is 45.7 Å². The molecule has 5 aromatic carbocycles. The standard InChI is InChI=1S/C29H26NO.C17H10NO.Ir/c1-19(2)15-23-17-26(30-18-20(23)3)24-14-13-22(16-21-9-5-4-6-10-21)28-25-11-7-8-12-27(25)31-29(24)28;1-2-10-16-12(6-1)13-7-5-8-14(17(13)19-16)15-9-3-4-11-18-15;/h4-13,17-19H,15-16H2,1-3H3;1-7,9-11H;/q2*-1;/i3D3,15D2,16D2;;. The molecule has 253 valence electrons. The third kappa shape index (κ3) is 6.88. The first kappa shape index (κ1) is 26.5. The molecular weight excluding hydrogens is 805 g/mol. The number of furan rings is 2. The number of para-hydroxylation sites is 2. The van der Waals surface area contributed by atoms with Crippen LogP contribution in [0.25, 0.3) is 66.4 Å². The Labute approximate surface area is 321 Å². The smallest absolute Gasteiger partial charge is 0.120 e. The van der Waals surface area contributed by atoms with E-state index in [1.54, 1.807) is 56.4 Å². The monoisotopic (exact) mass is 848 g/mol. The Hall–Kier alpha value is -5.35. The summed E-state index contributed by atoms with van der Waals surface area (Å²) in [4.78, 5) is 8.79. The summed E-state index contributed by atoms with van der Waals surface area (Å²) in [5, 5.41) is 3.53. The summed E-state index contributed by atoms with van der Waals surface area (Å²) < 4.78 is 71.4. The summed E-state index contributed by atoms with van der Waals surface area (Å²) in [6.07, 6.45) is -0.804. The van der Waals surface area contributed by atoms with E-state index in [1.165, 1.54) is 12.3 Å². The molecule has 0 N–H and O–H groups in total. The summed E-state index contributed by atoms with van der Waals surface area (Å²) in [6.45, 7) is 0.859. The predicted octanol–water partition coefficient (Wildman–Crippen LogP) is 12.0. The van der Waals surface area contributed by atoms with Crippen molar-refractivity contribution in [1.82, 2.24) is 9.97 Å². The van der Waals surface area contributed by atoms with Crippen LogP contribution in [-0.4, -0.2) is 9.97 Å². The topological polar surface area (TPSA) is 52.1 Å². The normalized spacial score (nSPS) is 14.1. The van der Waals surface area contributed by atoms with Gasteiger partial charge in [-0.2, -0.15) is 0 Å². The Bertz CT molecular complexity index is 2890. The van der Waals surface area contributed by atoms with E-state index < -0.39 is 25.5 Å². The van der Waals surface area contributed by atoms with E-state index in [1.807, 2.05) is 72.8 Å². The second kappa shape index (κ2) is 14.9. The Kier molecular flexibility index (Phi) is 7.71. The van der Waals surface area contributed by atoms with Crippen LogP contribution in [-0.2, 0) is 32.9 Å². The number of aryl methyl sites for hydroxylation is 1. The van der Waals surface area contributed by atoms with E-state index in [-0.39, 0.29) is 31.2 Å². The second-order valence-electron chi connectivity index (χ2n) is 12.2. The fourth-order valence-electron chi connectivity index (χ4n) is 6.15. The number of rotatable bonds is 6. The van der Waals surface area contributed by atoms with Crippen LogP contribution in [0, 0.1) is 24.9 Å². The second-order valence-corrected chi connectivity index (χ2v) is 12.2. The van der Waals surface area contributed by atoms with Crippen molar-refractivity contribution in [2.75, 3.05) is 0 Å². The first-order chi connectivity index (χ1) is 27.3. The van der Waals surface area contributed by atoms with Gasteiger partial charge in [0.2, 0.25) is 0 Å². The molecule has 9 aromatic rings. The average molecular weight is 848 g/mol. The van der Waals surface area contributed by atoms with Crippen LogP contribution < -0.4 is 0 Å². The van der Waals surface area contributed by atoms with Gasteiger partial charge < -0.3 is 18.8 Å². The first-order valence-electron chi connectivity index (χ1n) is 19.9. The van der Waals surface area contributed by atoms with Gasteiger partial charge in [0.1, 0.15) is 11.2 Å². The van der Waals surface area contributed by atoms with Gasteiger partial charge in [-0.1, -0.05) is 132 Å². The number of aromatic nitrogens is 2. The maximum Gasteiger partial charge on any atom is 0.120 e. The van der Waals surface area contributed by atoms with Gasteiger partial charge >= 0.3 is 0 Å². The summed E-state index contributed by atoms with van der Waals surface area (Å²) >= 11 is 0. The quantitative estimate of drug-likeness (QED) is 0.156. The molecule has 0 saturated carbocycles. The summed E-state index contributed by atoms with van der Waals surface area (Å²) in [6, 6.07) is 43.5. The third-order valence-electron chi connectivity index (χ3n) is 8.37. The first-order valence-corrected chi connectivity index (χ1v) is 16.4. The SMILES string of the molecule is [2H]C([2H])([2H])c1cnc(-c2[c-]cc(C([2H])([2H])c3ccccc3)c3c2oc2ccccc23)cc1C([2H])([2H])C(C)C.[Ir].[c-]1ccc2c(oc3ccccc32)c1-c1ccccn1. The Morgan fingerprint density at radius 1 is 0.706 bits per heavy atom. The van der Waals surface area contributed by atoms with Gasteiger partial charge in [-0.25, -0.2) is 0 Å². The number of hydrogen-bond donors (Lipinski definition) is 0. The van der Waals surface area contributed by atoms with Crippen molar-refractivity contribution in [2.24, 2.45) is 5.92 Å². The van der Waals surface area contributed by atoms with Crippen molar-refractivity contribution >= 4 is 43.9 Å². The van der Waals surface area contributed by atoms with E-state index in [4.69, 9.17) is 18.4 Å². The van der Waals surface area contributed by atoms with Crippen LogP contribution in [0.5, 0.6) is 0 Å². The van der Waals surface area contributed by atoms with Gasteiger partial charge in [0.25, 0.3) is 0 Å². The third-order valence-corrected chi connectivity index (χ3v) is 8.37. The van der Waals surface area contributed by atoms with Crippen molar-refractivity contribution in [3.63, 3.8) is 0 Å². The van der Waals surface area contributed by atoms with Gasteiger partial charge in [0, 0.05) is 52.9 Å². The number of benzene rings is 5. The molecule has 1 radical (unpaired) electrons. The zero-order valence-corrected chi connectivity index (χ0v) is 30.2. The summed E-state index contributed by atoms with van der Waals surface area (Å²) in [5.74, 6) is -0.491. The molecule has 0 amide bonds. The largest absolute Gasteiger partial charge is 0.501 e. The minimum atomic E-state index is -2.54. The van der Waals surface area contributed by atoms with E-state index in [0.29, 0.717) is 38.9 Å². The molecule has 0 aliphatic heterocycles. The Morgan fingerprint density at radius 2 is 1.41 bits per heavy atom. The van der Waals surface area contributed by atoms with Crippen molar-refractivity contribution in [2.45, 2.75) is 33.4 Å². The fraction of sp³-hybridized carbons (Fsp3) is 0.130. The molecule has 0 unspecified atom stereocenters. The van der Waals surface area contributed by atoms with E-state index in [0.717, 1.165) is 38.6 Å². The Morgan fingerprint density at radius 3 is 2.18 bits per heavy atom. The molecule has 4 heterocycles. The van der Waals surface area contributed by atoms with Crippen molar-refractivity contribution in [1.29, 1.82) is 0 Å². The molecule has 0 spiro atoms. The van der Waals surface area contributed by atoms with E-state index in [2.05, 4.69) is 28.2 Å². The molecule has 0 saturated heterocycles. The van der Waals surface area contributed by atoms with Gasteiger partial charge in [-0.3, -0.25) is 0 Å². The Balaban J connectivity index is 0.000000213. The average Bonchev–Trinajstić information content (AvgIpc) is 3.80. The molecule has 51 heavy (non-hydrogen) atoms. The predicted molar refractivity (Wildman–Crippen MR) is 204 cm³/mol. The maximum atomic E-state index is 9.02. The van der Waals surface area contributed by atoms with Crippen LogP contribution in [0.2, 0.25) is 0 Å². The molecule has 4 nitrogen and oxygen atoms in total. The number of nitrogens with zero attached hydrogens (tertiary/aromatic N) is 2. The maximum absolute atomic E-state index is 9.02. The molecule has 5 heteroatoms. The molecule has 0 aliphatic carbocycles. The summed E-state index contributed by atoms with van der Waals surface area (Å²) in [5.41, 5.74) is 5.92. The van der Waals surface area contributed by atoms with Crippen LogP contribution in [0.15, 0.2) is 143 Å². The van der Waals surface area contributed by atoms with E-state index >= 15 is 0 Å². The molecule has 0 fully saturated rings. The van der Waals surface area contributed by atoms with Gasteiger partial charge in [0.15, 0.2) is 0 Å². The molecular formula is C46H36IrN2O2-2. The number of hydrogen-bond acceptors (Lipinski definition) is 4. The molecule has 0 bridgehead atoms. The van der Waals surface area contributed by atoms with E-state index in [9.17, 15) is 0 Å². The minimum absolute atomic E-state index is 0. The summed E-state index contributed by atoms with van der Waals surface area (Å²) in [7, 11) is 0. The van der Waals surface area contributed by atoms with Gasteiger partial charge in [0.05, 0.1) is 11.2 Å². The molecule has 0 aliphatic rings. The molecule has 0 atom stereocenters. The van der Waals surface area contributed by atoms with Crippen molar-refractivity contribution in [3.8, 4) is 22.5 Å². The number of pyridine rings is 2. The van der Waals surface area contributed by atoms with Crippen LogP contribution >= 0.6 is 0 Å². The van der Waals surface area contributed by atoms with Gasteiger partial charge in [-0.05, 0) is 60.7 Å².